The fourth-order valence-corrected chi connectivity index (χ4v) is 4.74. The van der Waals surface area contributed by atoms with Crippen molar-refractivity contribution in [2.75, 3.05) is 12.3 Å². The highest BCUT2D eigenvalue weighted by Gasteiger charge is 2.28. The molecule has 4 aromatic rings. The van der Waals surface area contributed by atoms with Crippen LogP contribution in [0.1, 0.15) is 35.2 Å². The van der Waals surface area contributed by atoms with Gasteiger partial charge in [-0.05, 0) is 29.2 Å². The van der Waals surface area contributed by atoms with E-state index >= 15 is 0 Å². The maximum absolute atomic E-state index is 12.4. The van der Waals surface area contributed by atoms with Crippen molar-refractivity contribution in [3.63, 3.8) is 0 Å². The van der Waals surface area contributed by atoms with Crippen LogP contribution in [-0.4, -0.2) is 28.5 Å². The quantitative estimate of drug-likeness (QED) is 0.129. The highest BCUT2D eigenvalue weighted by molar-refractivity contribution is 7.19. The monoisotopic (exact) mass is 457 g/mol. The average Bonchev–Trinajstić information content (AvgIpc) is 3.22. The lowest BCUT2D eigenvalue weighted by Gasteiger charge is -2.22. The van der Waals surface area contributed by atoms with Crippen LogP contribution in [0.25, 0.3) is 10.4 Å². The number of carbonyl (C=O) groups is 1. The maximum Gasteiger partial charge on any atom is 0.362 e. The van der Waals surface area contributed by atoms with Crippen LogP contribution in [0.5, 0.6) is 0 Å². The summed E-state index contributed by atoms with van der Waals surface area (Å²) in [5.41, 5.74) is 10.1. The normalized spacial score (nSPS) is 11.5. The third kappa shape index (κ3) is 4.63. The number of nitrogens with two attached hydrogens (primary N) is 1. The minimum atomic E-state index is -0.758. The first-order chi connectivity index (χ1) is 16.1. The second kappa shape index (κ2) is 10.1. The summed E-state index contributed by atoms with van der Waals surface area (Å²) < 4.78 is 5.06. The van der Waals surface area contributed by atoms with Crippen LogP contribution < -0.4 is 5.73 Å². The molecule has 0 bridgehead atoms. The van der Waals surface area contributed by atoms with Crippen molar-refractivity contribution >= 4 is 28.1 Å². The molecule has 1 heterocycles. The molecule has 0 fully saturated rings. The summed E-state index contributed by atoms with van der Waals surface area (Å²) >= 11 is 1.24. The van der Waals surface area contributed by atoms with Crippen molar-refractivity contribution in [1.29, 1.82) is 0 Å². The van der Waals surface area contributed by atoms with E-state index in [2.05, 4.69) is 40.5 Å². The van der Waals surface area contributed by atoms with Gasteiger partial charge in [0.2, 0.25) is 5.71 Å². The van der Waals surface area contributed by atoms with Crippen LogP contribution >= 0.6 is 11.3 Å². The average molecular weight is 458 g/mol. The second-order valence-corrected chi connectivity index (χ2v) is 8.27. The Morgan fingerprint density at radius 3 is 2.15 bits per heavy atom. The molecular weight excluding hydrogens is 434 g/mol. The lowest BCUT2D eigenvalue weighted by molar-refractivity contribution is -0.135. The molecule has 166 valence electrons. The third-order valence-corrected chi connectivity index (χ3v) is 6.14. The molecule has 33 heavy (non-hydrogen) atoms. The molecule has 0 atom stereocenters. The minimum absolute atomic E-state index is 0.0723. The molecule has 3 N–H and O–H groups in total. The largest absolute Gasteiger partial charge is 0.461 e. The molecule has 4 rings (SSSR count). The molecule has 1 aromatic heterocycles. The fourth-order valence-electron chi connectivity index (χ4n) is 3.86. The Kier molecular flexibility index (Phi) is 6.80. The van der Waals surface area contributed by atoms with E-state index in [9.17, 15) is 10.0 Å². The molecule has 0 radical (unpaired) electrons. The number of hydrogen-bond donors (Lipinski definition) is 2. The van der Waals surface area contributed by atoms with E-state index in [1.54, 1.807) is 6.92 Å². The molecule has 0 amide bonds. The molecule has 7 heteroatoms. The van der Waals surface area contributed by atoms with Crippen LogP contribution in [0, 0.1) is 0 Å². The van der Waals surface area contributed by atoms with Crippen LogP contribution in [0.3, 0.4) is 0 Å². The number of thiazole rings is 1. The summed E-state index contributed by atoms with van der Waals surface area (Å²) in [6.45, 7) is 1.83. The van der Waals surface area contributed by atoms with Gasteiger partial charge in [-0.3, -0.25) is 0 Å². The number of esters is 1. The summed E-state index contributed by atoms with van der Waals surface area (Å²) in [5.74, 6) is -0.830. The molecule has 0 unspecified atom stereocenters. The zero-order valence-electron chi connectivity index (χ0n) is 18.0. The lowest BCUT2D eigenvalue weighted by atomic mass is 9.82. The van der Waals surface area contributed by atoms with Gasteiger partial charge >= 0.3 is 5.97 Å². The van der Waals surface area contributed by atoms with Gasteiger partial charge < -0.3 is 15.7 Å². The Labute approximate surface area is 196 Å². The Bertz CT molecular complexity index is 1230. The van der Waals surface area contributed by atoms with Crippen LogP contribution in [0.2, 0.25) is 0 Å². The van der Waals surface area contributed by atoms with Crippen molar-refractivity contribution in [3.8, 4) is 10.4 Å². The van der Waals surface area contributed by atoms with Gasteiger partial charge in [0.05, 0.1) is 11.5 Å². The number of carbonyl (C=O) groups excluding carboxylic acids is 1. The number of oxime groups is 1. The van der Waals surface area contributed by atoms with E-state index in [1.807, 2.05) is 54.6 Å². The van der Waals surface area contributed by atoms with Crippen LogP contribution in [-0.2, 0) is 9.53 Å². The van der Waals surface area contributed by atoms with E-state index in [0.29, 0.717) is 4.88 Å². The topological polar surface area (TPSA) is 97.8 Å². The molecule has 0 aliphatic heterocycles. The summed E-state index contributed by atoms with van der Waals surface area (Å²) in [7, 11) is 0. The number of ether oxygens (including phenoxy) is 1. The molecule has 0 saturated carbocycles. The van der Waals surface area contributed by atoms with Gasteiger partial charge in [0, 0.05) is 5.92 Å². The summed E-state index contributed by atoms with van der Waals surface area (Å²) in [6.07, 6.45) is 0. The minimum Gasteiger partial charge on any atom is -0.461 e. The summed E-state index contributed by atoms with van der Waals surface area (Å²) in [6, 6.07) is 28.3. The lowest BCUT2D eigenvalue weighted by Crippen LogP contribution is -2.20. The standard InChI is InChI=1S/C26H23N3O3S/c1-2-32-25(30)23(29-31)22-24(33-26(27)28-22)20-16-10-9-15-19(20)21(17-11-5-3-6-12-17)18-13-7-4-8-14-18/h3-16,21,31H,2H2,1H3,(H2,27,28). The van der Waals surface area contributed by atoms with Gasteiger partial charge in [0.25, 0.3) is 0 Å². The zero-order chi connectivity index (χ0) is 23.2. The zero-order valence-corrected chi connectivity index (χ0v) is 18.8. The predicted molar refractivity (Wildman–Crippen MR) is 131 cm³/mol. The van der Waals surface area contributed by atoms with E-state index in [4.69, 9.17) is 10.5 Å². The molecular formula is C26H23N3O3S. The van der Waals surface area contributed by atoms with Gasteiger partial charge in [0.1, 0.15) is 5.69 Å². The Hall–Kier alpha value is -3.97. The number of nitrogens with zero attached hydrogens (tertiary/aromatic N) is 2. The Balaban J connectivity index is 1.93. The number of anilines is 1. The smallest absolute Gasteiger partial charge is 0.362 e. The predicted octanol–water partition coefficient (Wildman–Crippen LogP) is 5.31. The highest BCUT2D eigenvalue weighted by atomic mass is 32.1. The van der Waals surface area contributed by atoms with E-state index < -0.39 is 5.97 Å². The summed E-state index contributed by atoms with van der Waals surface area (Å²) in [4.78, 5) is 17.4. The highest BCUT2D eigenvalue weighted by Crippen LogP contribution is 2.41. The van der Waals surface area contributed by atoms with Crippen LogP contribution in [0.15, 0.2) is 90.1 Å². The van der Waals surface area contributed by atoms with Gasteiger partial charge in [-0.2, -0.15) is 0 Å². The molecule has 0 spiro atoms. The summed E-state index contributed by atoms with van der Waals surface area (Å²) in [5, 5.41) is 13.1. The number of hydrogen-bond acceptors (Lipinski definition) is 7. The maximum atomic E-state index is 12.4. The van der Waals surface area contributed by atoms with Crippen molar-refractivity contribution in [2.24, 2.45) is 5.16 Å². The molecule has 0 saturated heterocycles. The SMILES string of the molecule is CCOC(=O)C(=NO)c1nc(N)sc1-c1ccccc1C(c1ccccc1)c1ccccc1. The second-order valence-electron chi connectivity index (χ2n) is 7.24. The van der Waals surface area contributed by atoms with Crippen molar-refractivity contribution < 1.29 is 14.7 Å². The van der Waals surface area contributed by atoms with Gasteiger partial charge in [0.15, 0.2) is 5.13 Å². The molecule has 3 aromatic carbocycles. The number of aromatic nitrogens is 1. The van der Waals surface area contributed by atoms with Gasteiger partial charge in [-0.1, -0.05) is 101 Å². The Morgan fingerprint density at radius 2 is 1.58 bits per heavy atom. The number of nitrogen functional groups attached to an aromatic ring is 1. The van der Waals surface area contributed by atoms with Gasteiger partial charge in [-0.15, -0.1) is 0 Å². The fraction of sp³-hybridized carbons (Fsp3) is 0.115. The first-order valence-corrected chi connectivity index (χ1v) is 11.3. The van der Waals surface area contributed by atoms with Crippen LogP contribution in [0.4, 0.5) is 5.13 Å². The van der Waals surface area contributed by atoms with E-state index in [-0.39, 0.29) is 29.1 Å². The Morgan fingerprint density at radius 1 is 1.00 bits per heavy atom. The number of rotatable bonds is 7. The molecule has 0 aliphatic carbocycles. The molecule has 0 aliphatic rings. The van der Waals surface area contributed by atoms with Crippen molar-refractivity contribution in [3.05, 3.63) is 107 Å². The van der Waals surface area contributed by atoms with E-state index in [0.717, 1.165) is 22.3 Å². The molecule has 6 nitrogen and oxygen atoms in total. The van der Waals surface area contributed by atoms with Gasteiger partial charge in [-0.25, -0.2) is 9.78 Å². The van der Waals surface area contributed by atoms with E-state index in [1.165, 1.54) is 11.3 Å². The number of benzene rings is 3. The van der Waals surface area contributed by atoms with Crippen molar-refractivity contribution in [1.82, 2.24) is 4.98 Å². The van der Waals surface area contributed by atoms with Crippen molar-refractivity contribution in [2.45, 2.75) is 12.8 Å². The first kappa shape index (κ1) is 22.2. The first-order valence-electron chi connectivity index (χ1n) is 10.5. The third-order valence-electron chi connectivity index (χ3n) is 5.22.